The topological polar surface area (TPSA) is 92.5 Å². The highest BCUT2D eigenvalue weighted by atomic mass is 32.1. The first-order valence-electron chi connectivity index (χ1n) is 8.90. The maximum atomic E-state index is 13.3. The Hall–Kier alpha value is -3.85. The average molecular weight is 421 g/mol. The Morgan fingerprint density at radius 2 is 1.93 bits per heavy atom. The van der Waals surface area contributed by atoms with Gasteiger partial charge in [0.05, 0.1) is 34.2 Å². The molecule has 148 valence electrons. The molecule has 0 bridgehead atoms. The van der Waals surface area contributed by atoms with Gasteiger partial charge in [0.2, 0.25) is 0 Å². The van der Waals surface area contributed by atoms with E-state index in [9.17, 15) is 18.8 Å². The van der Waals surface area contributed by atoms with E-state index in [-0.39, 0.29) is 29.1 Å². The fourth-order valence-corrected chi connectivity index (χ4v) is 4.14. The van der Waals surface area contributed by atoms with Crippen LogP contribution in [0.25, 0.3) is 10.2 Å². The lowest BCUT2D eigenvalue weighted by Gasteiger charge is -2.11. The number of furan rings is 1. The summed E-state index contributed by atoms with van der Waals surface area (Å²) in [5.41, 5.74) is 1.17. The standard InChI is InChI=1S/C21H12FN3O4S/c22-12-4-6-16-17(9-12)30-21(23-16)24-18(26)11-3-5-14-15(8-11)20(28)25(19(14)27)10-13-2-1-7-29-13/h1-9H,10H2,(H,23,24,26). The number of rotatable bonds is 4. The third-order valence-electron chi connectivity index (χ3n) is 4.70. The maximum Gasteiger partial charge on any atom is 0.261 e. The van der Waals surface area contributed by atoms with Gasteiger partial charge in [0.15, 0.2) is 5.13 Å². The van der Waals surface area contributed by atoms with E-state index in [1.807, 2.05) is 0 Å². The van der Waals surface area contributed by atoms with Gasteiger partial charge >= 0.3 is 0 Å². The number of anilines is 1. The van der Waals surface area contributed by atoms with Crippen molar-refractivity contribution in [2.75, 3.05) is 5.32 Å². The van der Waals surface area contributed by atoms with Gasteiger partial charge in [-0.05, 0) is 48.5 Å². The molecule has 0 aliphatic carbocycles. The molecule has 0 spiro atoms. The molecule has 3 heterocycles. The molecule has 3 amide bonds. The van der Waals surface area contributed by atoms with Gasteiger partial charge in [-0.3, -0.25) is 24.6 Å². The Kier molecular flexibility index (Phi) is 4.18. The van der Waals surface area contributed by atoms with E-state index in [0.29, 0.717) is 21.1 Å². The van der Waals surface area contributed by atoms with E-state index in [2.05, 4.69) is 10.3 Å². The van der Waals surface area contributed by atoms with Crippen LogP contribution in [0.1, 0.15) is 36.8 Å². The number of nitrogens with zero attached hydrogens (tertiary/aromatic N) is 2. The molecule has 30 heavy (non-hydrogen) atoms. The van der Waals surface area contributed by atoms with Gasteiger partial charge in [0.1, 0.15) is 11.6 Å². The van der Waals surface area contributed by atoms with Gasteiger partial charge in [0.25, 0.3) is 17.7 Å². The molecule has 0 fully saturated rings. The van der Waals surface area contributed by atoms with Crippen molar-refractivity contribution in [2.24, 2.45) is 0 Å². The zero-order valence-electron chi connectivity index (χ0n) is 15.2. The van der Waals surface area contributed by atoms with Crippen molar-refractivity contribution in [1.29, 1.82) is 0 Å². The summed E-state index contributed by atoms with van der Waals surface area (Å²) in [5, 5.41) is 2.96. The fraction of sp³-hybridized carbons (Fsp3) is 0.0476. The third kappa shape index (κ3) is 3.05. The van der Waals surface area contributed by atoms with Crippen LogP contribution in [0.15, 0.2) is 59.2 Å². The lowest BCUT2D eigenvalue weighted by atomic mass is 10.1. The van der Waals surface area contributed by atoms with Crippen LogP contribution in [-0.4, -0.2) is 27.6 Å². The minimum atomic E-state index is -0.489. The first kappa shape index (κ1) is 18.2. The molecule has 0 saturated heterocycles. The van der Waals surface area contributed by atoms with Crippen LogP contribution in [0.5, 0.6) is 0 Å². The second kappa shape index (κ2) is 6.89. The van der Waals surface area contributed by atoms with Crippen LogP contribution >= 0.6 is 11.3 Å². The number of carbonyl (C=O) groups excluding carboxylic acids is 3. The number of hydrogen-bond donors (Lipinski definition) is 1. The van der Waals surface area contributed by atoms with Crippen LogP contribution in [0, 0.1) is 5.82 Å². The molecule has 1 N–H and O–H groups in total. The second-order valence-corrected chi connectivity index (χ2v) is 7.65. The highest BCUT2D eigenvalue weighted by Gasteiger charge is 2.36. The summed E-state index contributed by atoms with van der Waals surface area (Å²) in [6.45, 7) is 0.0170. The molecule has 2 aromatic carbocycles. The SMILES string of the molecule is O=C(Nc1nc2ccc(F)cc2s1)c1ccc2c(c1)C(=O)N(Cc1ccco1)C2=O. The van der Waals surface area contributed by atoms with Crippen molar-refractivity contribution in [3.05, 3.63) is 83.1 Å². The molecule has 7 nitrogen and oxygen atoms in total. The highest BCUT2D eigenvalue weighted by molar-refractivity contribution is 7.22. The number of aromatic nitrogens is 1. The van der Waals surface area contributed by atoms with Gasteiger partial charge in [-0.25, -0.2) is 9.37 Å². The summed E-state index contributed by atoms with van der Waals surface area (Å²) in [6, 6.07) is 11.8. The summed E-state index contributed by atoms with van der Waals surface area (Å²) in [7, 11) is 0. The van der Waals surface area contributed by atoms with E-state index in [1.54, 1.807) is 12.1 Å². The number of halogens is 1. The van der Waals surface area contributed by atoms with Crippen LogP contribution in [-0.2, 0) is 6.54 Å². The molecule has 9 heteroatoms. The monoisotopic (exact) mass is 421 g/mol. The number of amides is 3. The predicted molar refractivity (Wildman–Crippen MR) is 107 cm³/mol. The number of carbonyl (C=O) groups is 3. The first-order chi connectivity index (χ1) is 14.5. The number of benzene rings is 2. The Morgan fingerprint density at radius 3 is 2.73 bits per heavy atom. The zero-order valence-corrected chi connectivity index (χ0v) is 16.0. The van der Waals surface area contributed by atoms with Crippen LogP contribution < -0.4 is 5.32 Å². The number of imide groups is 1. The van der Waals surface area contributed by atoms with E-state index >= 15 is 0 Å². The molecule has 0 atom stereocenters. The van der Waals surface area contributed by atoms with Crippen molar-refractivity contribution >= 4 is 44.4 Å². The Bertz CT molecular complexity index is 1330. The Balaban J connectivity index is 1.39. The molecule has 4 aromatic rings. The molecule has 1 aliphatic heterocycles. The summed E-state index contributed by atoms with van der Waals surface area (Å²) in [5.74, 6) is -1.31. The Morgan fingerprint density at radius 1 is 1.10 bits per heavy atom. The predicted octanol–water partition coefficient (Wildman–Crippen LogP) is 4.08. The van der Waals surface area contributed by atoms with Crippen molar-refractivity contribution in [3.63, 3.8) is 0 Å². The summed E-state index contributed by atoms with van der Waals surface area (Å²) < 4.78 is 19.2. The fourth-order valence-electron chi connectivity index (χ4n) is 3.26. The van der Waals surface area contributed by atoms with Crippen molar-refractivity contribution in [3.8, 4) is 0 Å². The number of hydrogen-bond acceptors (Lipinski definition) is 6. The van der Waals surface area contributed by atoms with Crippen LogP contribution in [0.3, 0.4) is 0 Å². The zero-order chi connectivity index (χ0) is 20.8. The van der Waals surface area contributed by atoms with Gasteiger partial charge < -0.3 is 4.42 Å². The molecule has 2 aromatic heterocycles. The quantitative estimate of drug-likeness (QED) is 0.502. The summed E-state index contributed by atoms with van der Waals surface area (Å²) >= 11 is 1.14. The molecule has 0 radical (unpaired) electrons. The van der Waals surface area contributed by atoms with E-state index < -0.39 is 17.7 Å². The number of thiazole rings is 1. The highest BCUT2D eigenvalue weighted by Crippen LogP contribution is 2.28. The van der Waals surface area contributed by atoms with Crippen molar-refractivity contribution < 1.29 is 23.2 Å². The van der Waals surface area contributed by atoms with Gasteiger partial charge in [-0.1, -0.05) is 11.3 Å². The van der Waals surface area contributed by atoms with Crippen LogP contribution in [0.2, 0.25) is 0 Å². The van der Waals surface area contributed by atoms with Crippen molar-refractivity contribution in [2.45, 2.75) is 6.54 Å². The summed E-state index contributed by atoms with van der Waals surface area (Å²) in [4.78, 5) is 43.2. The molecular formula is C21H12FN3O4S. The summed E-state index contributed by atoms with van der Waals surface area (Å²) in [6.07, 6.45) is 1.46. The molecule has 5 rings (SSSR count). The van der Waals surface area contributed by atoms with Crippen LogP contribution in [0.4, 0.5) is 9.52 Å². The number of nitrogens with one attached hydrogen (secondary N) is 1. The minimum absolute atomic E-state index is 0.0170. The lowest BCUT2D eigenvalue weighted by Crippen LogP contribution is -2.28. The molecule has 0 saturated carbocycles. The third-order valence-corrected chi connectivity index (χ3v) is 5.63. The molecule has 1 aliphatic rings. The lowest BCUT2D eigenvalue weighted by molar-refractivity contribution is 0.0631. The molecular weight excluding hydrogens is 409 g/mol. The number of fused-ring (bicyclic) bond motifs is 2. The van der Waals surface area contributed by atoms with Gasteiger partial charge in [-0.2, -0.15) is 0 Å². The minimum Gasteiger partial charge on any atom is -0.467 e. The van der Waals surface area contributed by atoms with E-state index in [4.69, 9.17) is 4.42 Å². The Labute approximate surface area is 172 Å². The average Bonchev–Trinajstić information content (AvgIpc) is 3.43. The smallest absolute Gasteiger partial charge is 0.261 e. The van der Waals surface area contributed by atoms with Gasteiger partial charge in [-0.15, -0.1) is 0 Å². The first-order valence-corrected chi connectivity index (χ1v) is 9.71. The van der Waals surface area contributed by atoms with Crippen molar-refractivity contribution in [1.82, 2.24) is 9.88 Å². The second-order valence-electron chi connectivity index (χ2n) is 6.62. The molecule has 0 unspecified atom stereocenters. The normalized spacial score (nSPS) is 13.2. The van der Waals surface area contributed by atoms with E-state index in [0.717, 1.165) is 16.2 Å². The largest absolute Gasteiger partial charge is 0.467 e. The van der Waals surface area contributed by atoms with Gasteiger partial charge in [0, 0.05) is 5.56 Å². The maximum absolute atomic E-state index is 13.3. The van der Waals surface area contributed by atoms with E-state index in [1.165, 1.54) is 42.7 Å².